The van der Waals surface area contributed by atoms with Gasteiger partial charge in [0.15, 0.2) is 5.82 Å². The number of fused-ring (bicyclic) bond motifs is 2. The van der Waals surface area contributed by atoms with Crippen molar-refractivity contribution in [2.75, 3.05) is 24.5 Å². The van der Waals surface area contributed by atoms with E-state index in [1.807, 2.05) is 0 Å². The molecule has 7 heteroatoms. The van der Waals surface area contributed by atoms with Crippen LogP contribution in [0.25, 0.3) is 0 Å². The van der Waals surface area contributed by atoms with Crippen LogP contribution < -0.4 is 4.90 Å². The predicted molar refractivity (Wildman–Crippen MR) is 88.8 cm³/mol. The van der Waals surface area contributed by atoms with E-state index >= 15 is 0 Å². The molecule has 2 aliphatic heterocycles. The first-order chi connectivity index (χ1) is 12.0. The second-order valence-corrected chi connectivity index (χ2v) is 8.21. The van der Waals surface area contributed by atoms with Gasteiger partial charge in [-0.1, -0.05) is 0 Å². The normalized spacial score (nSPS) is 25.3. The Labute approximate surface area is 146 Å². The largest absolute Gasteiger partial charge is 0.389 e. The van der Waals surface area contributed by atoms with Crippen LogP contribution in [0.3, 0.4) is 0 Å². The highest BCUT2D eigenvalue weighted by Gasteiger charge is 2.57. The SMILES string of the molecule is O=C(CC1(O)CCC1)N1CC2(C1)CN(C(=O)C1CC1)c1nccnc12. The summed E-state index contributed by atoms with van der Waals surface area (Å²) in [4.78, 5) is 37.5. The Hall–Kier alpha value is -2.02. The maximum Gasteiger partial charge on any atom is 0.231 e. The number of nitrogens with zero attached hydrogens (tertiary/aromatic N) is 4. The van der Waals surface area contributed by atoms with Crippen molar-refractivity contribution in [3.8, 4) is 0 Å². The van der Waals surface area contributed by atoms with Crippen molar-refractivity contribution in [3.05, 3.63) is 18.1 Å². The lowest BCUT2D eigenvalue weighted by molar-refractivity contribution is -0.147. The molecule has 5 rings (SSSR count). The lowest BCUT2D eigenvalue weighted by atomic mass is 9.75. The van der Waals surface area contributed by atoms with Gasteiger partial charge in [-0.15, -0.1) is 0 Å². The van der Waals surface area contributed by atoms with E-state index in [9.17, 15) is 14.7 Å². The van der Waals surface area contributed by atoms with E-state index in [1.165, 1.54) is 0 Å². The summed E-state index contributed by atoms with van der Waals surface area (Å²) in [6.07, 6.45) is 7.84. The van der Waals surface area contributed by atoms with Crippen molar-refractivity contribution >= 4 is 17.6 Å². The summed E-state index contributed by atoms with van der Waals surface area (Å²) in [5, 5.41) is 10.2. The first-order valence-electron chi connectivity index (χ1n) is 9.13. The van der Waals surface area contributed by atoms with Gasteiger partial charge in [0.2, 0.25) is 11.8 Å². The highest BCUT2D eigenvalue weighted by atomic mass is 16.3. The Balaban J connectivity index is 1.33. The van der Waals surface area contributed by atoms with E-state index in [1.54, 1.807) is 22.2 Å². The molecule has 1 saturated heterocycles. The molecular weight excluding hydrogens is 320 g/mol. The third-order valence-electron chi connectivity index (χ3n) is 6.19. The monoisotopic (exact) mass is 342 g/mol. The van der Waals surface area contributed by atoms with Gasteiger partial charge in [0.25, 0.3) is 0 Å². The molecule has 0 aromatic carbocycles. The van der Waals surface area contributed by atoms with Crippen LogP contribution in [0.1, 0.15) is 44.2 Å². The second kappa shape index (κ2) is 5.00. The summed E-state index contributed by atoms with van der Waals surface area (Å²) in [6.45, 7) is 1.68. The van der Waals surface area contributed by atoms with Gasteiger partial charge in [-0.3, -0.25) is 19.5 Å². The van der Waals surface area contributed by atoms with Crippen molar-refractivity contribution in [3.63, 3.8) is 0 Å². The Morgan fingerprint density at radius 1 is 1.16 bits per heavy atom. The molecule has 3 heterocycles. The van der Waals surface area contributed by atoms with Gasteiger partial charge in [0.05, 0.1) is 23.1 Å². The number of carbonyl (C=O) groups is 2. The van der Waals surface area contributed by atoms with Gasteiger partial charge in [-0.2, -0.15) is 0 Å². The summed E-state index contributed by atoms with van der Waals surface area (Å²) in [7, 11) is 0. The number of amides is 2. The number of hydrogen-bond acceptors (Lipinski definition) is 5. The molecule has 132 valence electrons. The average molecular weight is 342 g/mol. The molecule has 2 amide bonds. The third kappa shape index (κ3) is 2.28. The molecule has 3 fully saturated rings. The molecule has 25 heavy (non-hydrogen) atoms. The molecule has 0 unspecified atom stereocenters. The first-order valence-corrected chi connectivity index (χ1v) is 9.13. The summed E-state index contributed by atoms with van der Waals surface area (Å²) in [5.74, 6) is 0.956. The number of hydrogen-bond donors (Lipinski definition) is 1. The Morgan fingerprint density at radius 2 is 1.88 bits per heavy atom. The lowest BCUT2D eigenvalue weighted by Gasteiger charge is -2.49. The van der Waals surface area contributed by atoms with Crippen molar-refractivity contribution in [2.24, 2.45) is 5.92 Å². The van der Waals surface area contributed by atoms with E-state index in [2.05, 4.69) is 9.97 Å². The number of likely N-dealkylation sites (tertiary alicyclic amines) is 1. The van der Waals surface area contributed by atoms with Crippen LogP contribution in [0, 0.1) is 5.92 Å². The summed E-state index contributed by atoms with van der Waals surface area (Å²) in [6, 6.07) is 0. The zero-order valence-electron chi connectivity index (χ0n) is 14.1. The zero-order chi connectivity index (χ0) is 17.2. The maximum atomic E-state index is 12.6. The Kier molecular flexibility index (Phi) is 3.05. The molecule has 1 spiro atoms. The molecule has 1 aromatic heterocycles. The molecule has 2 aliphatic carbocycles. The van der Waals surface area contributed by atoms with Crippen LogP contribution in [0.2, 0.25) is 0 Å². The fraction of sp³-hybridized carbons (Fsp3) is 0.667. The topological polar surface area (TPSA) is 86.6 Å². The van der Waals surface area contributed by atoms with Gasteiger partial charge in [0.1, 0.15) is 0 Å². The minimum atomic E-state index is -0.790. The average Bonchev–Trinajstić information content (AvgIpc) is 3.32. The van der Waals surface area contributed by atoms with Gasteiger partial charge in [-0.25, -0.2) is 4.98 Å². The Morgan fingerprint density at radius 3 is 2.52 bits per heavy atom. The van der Waals surface area contributed by atoms with Crippen molar-refractivity contribution in [1.29, 1.82) is 0 Å². The van der Waals surface area contributed by atoms with E-state index in [4.69, 9.17) is 0 Å². The van der Waals surface area contributed by atoms with Crippen LogP contribution in [0.5, 0.6) is 0 Å². The van der Waals surface area contributed by atoms with E-state index < -0.39 is 5.60 Å². The van der Waals surface area contributed by atoms with Crippen LogP contribution >= 0.6 is 0 Å². The lowest BCUT2D eigenvalue weighted by Crippen LogP contribution is -2.64. The molecule has 1 N–H and O–H groups in total. The number of carbonyl (C=O) groups excluding carboxylic acids is 2. The van der Waals surface area contributed by atoms with Gasteiger partial charge in [-0.05, 0) is 32.1 Å². The minimum absolute atomic E-state index is 0.00485. The first kappa shape index (κ1) is 15.3. The molecule has 2 saturated carbocycles. The zero-order valence-corrected chi connectivity index (χ0v) is 14.1. The summed E-state index contributed by atoms with van der Waals surface area (Å²) < 4.78 is 0. The van der Waals surface area contributed by atoms with E-state index in [0.29, 0.717) is 25.5 Å². The Bertz CT molecular complexity index is 750. The molecular formula is C18H22N4O3. The molecule has 7 nitrogen and oxygen atoms in total. The van der Waals surface area contributed by atoms with Crippen LogP contribution in [0.15, 0.2) is 12.4 Å². The molecule has 0 atom stereocenters. The quantitative estimate of drug-likeness (QED) is 0.870. The van der Waals surface area contributed by atoms with E-state index in [0.717, 1.165) is 37.8 Å². The standard InChI is InChI=1S/C18H22N4O3/c23-13(8-18(25)4-1-5-18)21-9-17(10-21)11-22(16(24)12-2-3-12)15-14(17)19-6-7-20-15/h6-7,12,25H,1-5,8-11H2. The highest BCUT2D eigenvalue weighted by Crippen LogP contribution is 2.47. The maximum absolute atomic E-state index is 12.6. The van der Waals surface area contributed by atoms with Gasteiger partial charge in [0, 0.05) is 37.9 Å². The van der Waals surface area contributed by atoms with Crippen molar-refractivity contribution in [1.82, 2.24) is 14.9 Å². The third-order valence-corrected chi connectivity index (χ3v) is 6.19. The fourth-order valence-corrected chi connectivity index (χ4v) is 4.35. The number of aliphatic hydroxyl groups is 1. The molecule has 0 radical (unpaired) electrons. The number of rotatable bonds is 3. The molecule has 0 bridgehead atoms. The van der Waals surface area contributed by atoms with Gasteiger partial charge >= 0.3 is 0 Å². The molecule has 4 aliphatic rings. The van der Waals surface area contributed by atoms with Crippen molar-refractivity contribution in [2.45, 2.75) is 49.5 Å². The summed E-state index contributed by atoms with van der Waals surface area (Å²) in [5.41, 5.74) is -0.233. The number of aromatic nitrogens is 2. The van der Waals surface area contributed by atoms with Crippen LogP contribution in [-0.2, 0) is 15.0 Å². The smallest absolute Gasteiger partial charge is 0.231 e. The van der Waals surface area contributed by atoms with Crippen LogP contribution in [-0.4, -0.2) is 57.0 Å². The number of anilines is 1. The minimum Gasteiger partial charge on any atom is -0.389 e. The van der Waals surface area contributed by atoms with Crippen molar-refractivity contribution < 1.29 is 14.7 Å². The van der Waals surface area contributed by atoms with Gasteiger partial charge < -0.3 is 10.0 Å². The van der Waals surface area contributed by atoms with E-state index in [-0.39, 0.29) is 29.6 Å². The molecule has 1 aromatic rings. The summed E-state index contributed by atoms with van der Waals surface area (Å²) >= 11 is 0. The predicted octanol–water partition coefficient (Wildman–Crippen LogP) is 0.618. The highest BCUT2D eigenvalue weighted by molar-refractivity contribution is 5.98. The fourth-order valence-electron chi connectivity index (χ4n) is 4.35. The van der Waals surface area contributed by atoms with Crippen LogP contribution in [0.4, 0.5) is 5.82 Å². The second-order valence-electron chi connectivity index (χ2n) is 8.21.